The molecule has 0 fully saturated rings. The molecule has 0 aromatic heterocycles. The van der Waals surface area contributed by atoms with Gasteiger partial charge in [-0.1, -0.05) is 0 Å². The van der Waals surface area contributed by atoms with E-state index in [1.165, 1.54) is 7.11 Å². The fourth-order valence-corrected chi connectivity index (χ4v) is 1.51. The van der Waals surface area contributed by atoms with Gasteiger partial charge in [-0.15, -0.1) is 0 Å². The SMILES string of the molecule is COc1ccc(OCCCC(=O)N(C)C)c(C=O)c1. The molecule has 0 radical (unpaired) electrons. The number of carbonyl (C=O) groups is 2. The first kappa shape index (κ1) is 15.0. The average Bonchev–Trinajstić information content (AvgIpc) is 2.43. The van der Waals surface area contributed by atoms with Gasteiger partial charge in [0.15, 0.2) is 6.29 Å². The second-order valence-electron chi connectivity index (χ2n) is 4.26. The van der Waals surface area contributed by atoms with Crippen LogP contribution < -0.4 is 9.47 Å². The Morgan fingerprint density at radius 2 is 2.11 bits per heavy atom. The molecule has 0 atom stereocenters. The first-order valence-corrected chi connectivity index (χ1v) is 6.04. The number of rotatable bonds is 7. The van der Waals surface area contributed by atoms with E-state index in [-0.39, 0.29) is 5.91 Å². The van der Waals surface area contributed by atoms with E-state index in [4.69, 9.17) is 9.47 Å². The quantitative estimate of drug-likeness (QED) is 0.557. The van der Waals surface area contributed by atoms with Gasteiger partial charge in [0.25, 0.3) is 0 Å². The van der Waals surface area contributed by atoms with Crippen molar-refractivity contribution in [2.45, 2.75) is 12.8 Å². The molecule has 1 rings (SSSR count). The topological polar surface area (TPSA) is 55.8 Å². The molecule has 0 saturated carbocycles. The molecule has 0 aliphatic rings. The predicted molar refractivity (Wildman–Crippen MR) is 71.8 cm³/mol. The molecule has 0 heterocycles. The van der Waals surface area contributed by atoms with Gasteiger partial charge in [0.1, 0.15) is 11.5 Å². The highest BCUT2D eigenvalue weighted by atomic mass is 16.5. The van der Waals surface area contributed by atoms with Crippen LogP contribution in [0.2, 0.25) is 0 Å². The highest BCUT2D eigenvalue weighted by Crippen LogP contribution is 2.22. The summed E-state index contributed by atoms with van der Waals surface area (Å²) in [5.41, 5.74) is 0.443. The molecule has 19 heavy (non-hydrogen) atoms. The van der Waals surface area contributed by atoms with Crippen LogP contribution in [0.4, 0.5) is 0 Å². The molecule has 0 aliphatic carbocycles. The Labute approximate surface area is 113 Å². The van der Waals surface area contributed by atoms with E-state index in [1.54, 1.807) is 37.2 Å². The third kappa shape index (κ3) is 4.62. The number of amides is 1. The first-order valence-electron chi connectivity index (χ1n) is 6.04. The van der Waals surface area contributed by atoms with Crippen LogP contribution in [-0.4, -0.2) is 44.9 Å². The number of hydrogen-bond acceptors (Lipinski definition) is 4. The summed E-state index contributed by atoms with van der Waals surface area (Å²) in [5.74, 6) is 1.18. The fraction of sp³-hybridized carbons (Fsp3) is 0.429. The van der Waals surface area contributed by atoms with E-state index in [2.05, 4.69) is 0 Å². The number of benzene rings is 1. The second kappa shape index (κ2) is 7.41. The van der Waals surface area contributed by atoms with Crippen molar-refractivity contribution in [1.82, 2.24) is 4.90 Å². The third-order valence-corrected chi connectivity index (χ3v) is 2.64. The van der Waals surface area contributed by atoms with E-state index in [0.717, 1.165) is 6.29 Å². The number of hydrogen-bond donors (Lipinski definition) is 0. The van der Waals surface area contributed by atoms with Crippen LogP contribution in [-0.2, 0) is 4.79 Å². The fourth-order valence-electron chi connectivity index (χ4n) is 1.51. The minimum atomic E-state index is 0.0638. The average molecular weight is 265 g/mol. The maximum absolute atomic E-state index is 11.4. The third-order valence-electron chi connectivity index (χ3n) is 2.64. The predicted octanol–water partition coefficient (Wildman–Crippen LogP) is 1.75. The van der Waals surface area contributed by atoms with Crippen molar-refractivity contribution < 1.29 is 19.1 Å². The molecule has 1 amide bonds. The summed E-state index contributed by atoms with van der Waals surface area (Å²) in [7, 11) is 4.98. The summed E-state index contributed by atoms with van der Waals surface area (Å²) < 4.78 is 10.5. The van der Waals surface area contributed by atoms with Gasteiger partial charge >= 0.3 is 0 Å². The summed E-state index contributed by atoms with van der Waals surface area (Å²) in [5, 5.41) is 0. The van der Waals surface area contributed by atoms with Crippen LogP contribution in [0.15, 0.2) is 18.2 Å². The number of carbonyl (C=O) groups excluding carboxylic acids is 2. The molecule has 1 aromatic rings. The monoisotopic (exact) mass is 265 g/mol. The number of methoxy groups -OCH3 is 1. The standard InChI is InChI=1S/C14H19NO4/c1-15(2)14(17)5-4-8-19-13-7-6-12(18-3)9-11(13)10-16/h6-7,9-10H,4-5,8H2,1-3H3. The van der Waals surface area contributed by atoms with Crippen molar-refractivity contribution in [3.05, 3.63) is 23.8 Å². The largest absolute Gasteiger partial charge is 0.497 e. The van der Waals surface area contributed by atoms with Gasteiger partial charge in [0, 0.05) is 20.5 Å². The van der Waals surface area contributed by atoms with Crippen LogP contribution in [0.3, 0.4) is 0 Å². The maximum atomic E-state index is 11.4. The Bertz CT molecular complexity index is 443. The van der Waals surface area contributed by atoms with E-state index >= 15 is 0 Å². The lowest BCUT2D eigenvalue weighted by molar-refractivity contribution is -0.128. The lowest BCUT2D eigenvalue weighted by Crippen LogP contribution is -2.21. The van der Waals surface area contributed by atoms with Crippen molar-refractivity contribution in [2.75, 3.05) is 27.8 Å². The van der Waals surface area contributed by atoms with Crippen LogP contribution in [0.1, 0.15) is 23.2 Å². The molecule has 0 unspecified atom stereocenters. The Morgan fingerprint density at radius 1 is 1.37 bits per heavy atom. The van der Waals surface area contributed by atoms with E-state index < -0.39 is 0 Å². The summed E-state index contributed by atoms with van der Waals surface area (Å²) in [6.45, 7) is 0.396. The van der Waals surface area contributed by atoms with Gasteiger partial charge < -0.3 is 14.4 Å². The van der Waals surface area contributed by atoms with Crippen LogP contribution in [0.25, 0.3) is 0 Å². The van der Waals surface area contributed by atoms with Gasteiger partial charge in [-0.3, -0.25) is 9.59 Å². The Hall–Kier alpha value is -2.04. The van der Waals surface area contributed by atoms with Crippen molar-refractivity contribution >= 4 is 12.2 Å². The minimum Gasteiger partial charge on any atom is -0.497 e. The smallest absolute Gasteiger partial charge is 0.222 e. The van der Waals surface area contributed by atoms with E-state index in [1.807, 2.05) is 0 Å². The van der Waals surface area contributed by atoms with Crippen molar-refractivity contribution in [3.8, 4) is 11.5 Å². The minimum absolute atomic E-state index is 0.0638. The molecule has 5 nitrogen and oxygen atoms in total. The molecule has 0 N–H and O–H groups in total. The molecule has 1 aromatic carbocycles. The normalized spacial score (nSPS) is 9.84. The summed E-state index contributed by atoms with van der Waals surface area (Å²) in [6.07, 6.45) is 1.77. The van der Waals surface area contributed by atoms with E-state index in [9.17, 15) is 9.59 Å². The zero-order valence-corrected chi connectivity index (χ0v) is 11.5. The Morgan fingerprint density at radius 3 is 2.68 bits per heavy atom. The molecule has 0 spiro atoms. The summed E-state index contributed by atoms with van der Waals surface area (Å²) in [4.78, 5) is 23.8. The van der Waals surface area contributed by atoms with E-state index in [0.29, 0.717) is 36.5 Å². The summed E-state index contributed by atoms with van der Waals surface area (Å²) in [6, 6.07) is 5.04. The van der Waals surface area contributed by atoms with Gasteiger partial charge in [0.05, 0.1) is 19.3 Å². The number of ether oxygens (including phenoxy) is 2. The van der Waals surface area contributed by atoms with Gasteiger partial charge in [-0.2, -0.15) is 0 Å². The van der Waals surface area contributed by atoms with Gasteiger partial charge in [-0.25, -0.2) is 0 Å². The van der Waals surface area contributed by atoms with Crippen LogP contribution >= 0.6 is 0 Å². The van der Waals surface area contributed by atoms with Gasteiger partial charge in [-0.05, 0) is 24.6 Å². The van der Waals surface area contributed by atoms with Crippen molar-refractivity contribution in [3.63, 3.8) is 0 Å². The summed E-state index contributed by atoms with van der Waals surface area (Å²) >= 11 is 0. The zero-order chi connectivity index (χ0) is 14.3. The highest BCUT2D eigenvalue weighted by Gasteiger charge is 2.06. The van der Waals surface area contributed by atoms with Crippen molar-refractivity contribution in [2.24, 2.45) is 0 Å². The molecular formula is C14H19NO4. The lowest BCUT2D eigenvalue weighted by atomic mass is 10.2. The molecular weight excluding hydrogens is 246 g/mol. The number of nitrogens with zero attached hydrogens (tertiary/aromatic N) is 1. The zero-order valence-electron chi connectivity index (χ0n) is 11.5. The first-order chi connectivity index (χ1) is 9.08. The Balaban J connectivity index is 2.49. The van der Waals surface area contributed by atoms with Crippen molar-refractivity contribution in [1.29, 1.82) is 0 Å². The Kier molecular flexibility index (Phi) is 5.85. The molecule has 0 saturated heterocycles. The molecule has 0 aliphatic heterocycles. The van der Waals surface area contributed by atoms with Gasteiger partial charge in [0.2, 0.25) is 5.91 Å². The molecule has 0 bridgehead atoms. The lowest BCUT2D eigenvalue weighted by Gasteiger charge is -2.11. The highest BCUT2D eigenvalue weighted by molar-refractivity contribution is 5.80. The second-order valence-corrected chi connectivity index (χ2v) is 4.26. The maximum Gasteiger partial charge on any atom is 0.222 e. The molecule has 5 heteroatoms. The van der Waals surface area contributed by atoms with Crippen LogP contribution in [0, 0.1) is 0 Å². The van der Waals surface area contributed by atoms with Crippen LogP contribution in [0.5, 0.6) is 11.5 Å². The molecule has 104 valence electrons. The number of aldehydes is 1.